The summed E-state index contributed by atoms with van der Waals surface area (Å²) in [6.07, 6.45) is 2.06. The summed E-state index contributed by atoms with van der Waals surface area (Å²) in [5.41, 5.74) is 3.19. The van der Waals surface area contributed by atoms with E-state index >= 15 is 0 Å². The molecule has 1 rings (SSSR count). The quantitative estimate of drug-likeness (QED) is 0.523. The van der Waals surface area contributed by atoms with Gasteiger partial charge >= 0.3 is 0 Å². The highest BCUT2D eigenvalue weighted by atomic mass is 35.5. The van der Waals surface area contributed by atoms with Crippen molar-refractivity contribution < 1.29 is 4.79 Å². The van der Waals surface area contributed by atoms with Crippen LogP contribution in [0.3, 0.4) is 0 Å². The lowest BCUT2D eigenvalue weighted by Crippen LogP contribution is -1.85. The average molecular weight is 195 g/mol. The third-order valence-electron chi connectivity index (χ3n) is 1.85. The minimum atomic E-state index is 0.493. The van der Waals surface area contributed by atoms with E-state index in [0.717, 1.165) is 11.1 Å². The van der Waals surface area contributed by atoms with Crippen LogP contribution in [0.4, 0.5) is 0 Å². The van der Waals surface area contributed by atoms with E-state index in [-0.39, 0.29) is 0 Å². The number of hydrogen-bond acceptors (Lipinski definition) is 1. The molecule has 0 bridgehead atoms. The van der Waals surface area contributed by atoms with Crippen LogP contribution in [0.25, 0.3) is 5.03 Å². The molecule has 0 fully saturated rings. The summed E-state index contributed by atoms with van der Waals surface area (Å²) in [4.78, 5) is 10.2. The molecule has 68 valence electrons. The zero-order valence-corrected chi connectivity index (χ0v) is 8.43. The minimum Gasteiger partial charge on any atom is -0.299 e. The van der Waals surface area contributed by atoms with E-state index in [0.29, 0.717) is 11.3 Å². The molecule has 1 aromatic rings. The number of aldehydes is 1. The first-order chi connectivity index (χ1) is 6.15. The van der Waals surface area contributed by atoms with Crippen LogP contribution in [0.15, 0.2) is 24.3 Å². The summed E-state index contributed by atoms with van der Waals surface area (Å²) in [6, 6.07) is 5.94. The fraction of sp³-hybridized carbons (Fsp3) is 0.182. The molecule has 1 aromatic carbocycles. The van der Waals surface area contributed by atoms with Crippen molar-refractivity contribution in [3.05, 3.63) is 41.0 Å². The second-order valence-corrected chi connectivity index (χ2v) is 3.38. The van der Waals surface area contributed by atoms with Crippen molar-refractivity contribution in [2.45, 2.75) is 13.8 Å². The highest BCUT2D eigenvalue weighted by Crippen LogP contribution is 2.22. The van der Waals surface area contributed by atoms with Gasteiger partial charge in [0.1, 0.15) is 6.29 Å². The van der Waals surface area contributed by atoms with Crippen molar-refractivity contribution in [3.8, 4) is 0 Å². The SMILES string of the molecule is Cc1ccc(C(Cl)=CC=O)c(C)c1. The van der Waals surface area contributed by atoms with Crippen LogP contribution >= 0.6 is 11.6 Å². The third-order valence-corrected chi connectivity index (χ3v) is 2.18. The zero-order chi connectivity index (χ0) is 9.84. The molecule has 0 aliphatic heterocycles. The molecule has 0 atom stereocenters. The third kappa shape index (κ3) is 2.43. The smallest absolute Gasteiger partial charge is 0.144 e. The van der Waals surface area contributed by atoms with Gasteiger partial charge < -0.3 is 0 Å². The first-order valence-corrected chi connectivity index (χ1v) is 4.41. The molecule has 0 saturated heterocycles. The van der Waals surface area contributed by atoms with Gasteiger partial charge in [0, 0.05) is 0 Å². The number of aryl methyl sites for hydroxylation is 2. The Morgan fingerprint density at radius 2 is 2.08 bits per heavy atom. The molecule has 0 radical (unpaired) electrons. The Hall–Kier alpha value is -1.08. The van der Waals surface area contributed by atoms with Gasteiger partial charge in [-0.3, -0.25) is 4.79 Å². The average Bonchev–Trinajstić information content (AvgIpc) is 2.04. The molecule has 2 heteroatoms. The molecule has 0 heterocycles. The number of halogens is 1. The van der Waals surface area contributed by atoms with Crippen molar-refractivity contribution in [3.63, 3.8) is 0 Å². The summed E-state index contributed by atoms with van der Waals surface area (Å²) in [5.74, 6) is 0. The second kappa shape index (κ2) is 4.24. The summed E-state index contributed by atoms with van der Waals surface area (Å²) in [5, 5.41) is 0.493. The van der Waals surface area contributed by atoms with E-state index in [1.54, 1.807) is 0 Å². The molecule has 1 nitrogen and oxygen atoms in total. The minimum absolute atomic E-state index is 0.493. The van der Waals surface area contributed by atoms with E-state index in [9.17, 15) is 4.79 Å². The lowest BCUT2D eigenvalue weighted by molar-refractivity contribution is -0.104. The normalized spacial score (nSPS) is 11.5. The molecule has 0 spiro atoms. The summed E-state index contributed by atoms with van der Waals surface area (Å²) < 4.78 is 0. The van der Waals surface area contributed by atoms with E-state index in [4.69, 9.17) is 11.6 Å². The van der Waals surface area contributed by atoms with Gasteiger partial charge in [-0.25, -0.2) is 0 Å². The summed E-state index contributed by atoms with van der Waals surface area (Å²) in [6.45, 7) is 4.00. The number of hydrogen-bond donors (Lipinski definition) is 0. The van der Waals surface area contributed by atoms with Gasteiger partial charge in [0.05, 0.1) is 5.03 Å². The summed E-state index contributed by atoms with van der Waals surface area (Å²) in [7, 11) is 0. The Morgan fingerprint density at radius 1 is 1.38 bits per heavy atom. The van der Waals surface area contributed by atoms with Crippen molar-refractivity contribution >= 4 is 22.9 Å². The Morgan fingerprint density at radius 3 is 2.62 bits per heavy atom. The maximum atomic E-state index is 10.2. The van der Waals surface area contributed by atoms with Crippen LogP contribution in [0.5, 0.6) is 0 Å². The highest BCUT2D eigenvalue weighted by Gasteiger charge is 2.01. The number of allylic oxidation sites excluding steroid dienone is 1. The monoisotopic (exact) mass is 194 g/mol. The van der Waals surface area contributed by atoms with Crippen LogP contribution in [0, 0.1) is 13.8 Å². The van der Waals surface area contributed by atoms with Gasteiger partial charge in [-0.15, -0.1) is 0 Å². The van der Waals surface area contributed by atoms with Crippen molar-refractivity contribution in [2.24, 2.45) is 0 Å². The van der Waals surface area contributed by atoms with Gasteiger partial charge in [-0.05, 0) is 31.1 Å². The molecule has 0 aliphatic rings. The predicted molar refractivity (Wildman–Crippen MR) is 55.8 cm³/mol. The Labute approximate surface area is 83.0 Å². The second-order valence-electron chi connectivity index (χ2n) is 2.97. The van der Waals surface area contributed by atoms with Gasteiger partial charge in [0.25, 0.3) is 0 Å². The predicted octanol–water partition coefficient (Wildman–Crippen LogP) is 3.08. The molecule has 0 saturated carbocycles. The van der Waals surface area contributed by atoms with Crippen molar-refractivity contribution in [2.75, 3.05) is 0 Å². The molecule has 0 aliphatic carbocycles. The Bertz CT molecular complexity index is 353. The lowest BCUT2D eigenvalue weighted by Gasteiger charge is -2.04. The van der Waals surface area contributed by atoms with Crippen LogP contribution in [0.2, 0.25) is 0 Å². The van der Waals surface area contributed by atoms with Crippen molar-refractivity contribution in [1.82, 2.24) is 0 Å². The standard InChI is InChI=1S/C11H11ClO/c1-8-3-4-10(9(2)7-8)11(12)5-6-13/h3-7H,1-2H3. The zero-order valence-electron chi connectivity index (χ0n) is 7.67. The fourth-order valence-electron chi connectivity index (χ4n) is 1.23. The molecular formula is C11H11ClO. The number of carbonyl (C=O) groups excluding carboxylic acids is 1. The van der Waals surface area contributed by atoms with Gasteiger partial charge in [0.2, 0.25) is 0 Å². The lowest BCUT2D eigenvalue weighted by atomic mass is 10.1. The van der Waals surface area contributed by atoms with E-state index in [2.05, 4.69) is 0 Å². The van der Waals surface area contributed by atoms with E-state index in [1.165, 1.54) is 11.6 Å². The molecule has 0 aromatic heterocycles. The highest BCUT2D eigenvalue weighted by molar-refractivity contribution is 6.49. The summed E-state index contributed by atoms with van der Waals surface area (Å²) >= 11 is 5.89. The van der Waals surface area contributed by atoms with E-state index in [1.807, 2.05) is 32.0 Å². The van der Waals surface area contributed by atoms with Crippen molar-refractivity contribution in [1.29, 1.82) is 0 Å². The first-order valence-electron chi connectivity index (χ1n) is 4.03. The number of rotatable bonds is 2. The molecule has 0 unspecified atom stereocenters. The maximum absolute atomic E-state index is 10.2. The molecule has 0 amide bonds. The van der Waals surface area contributed by atoms with E-state index < -0.39 is 0 Å². The Balaban J connectivity index is 3.15. The van der Waals surface area contributed by atoms with Crippen LogP contribution < -0.4 is 0 Å². The number of carbonyl (C=O) groups is 1. The van der Waals surface area contributed by atoms with Gasteiger partial charge in [-0.1, -0.05) is 35.4 Å². The topological polar surface area (TPSA) is 17.1 Å². The van der Waals surface area contributed by atoms with Crippen LogP contribution in [0.1, 0.15) is 16.7 Å². The molecule has 0 N–H and O–H groups in total. The van der Waals surface area contributed by atoms with Gasteiger partial charge in [0.15, 0.2) is 0 Å². The largest absolute Gasteiger partial charge is 0.299 e. The fourth-order valence-corrected chi connectivity index (χ4v) is 1.49. The Kier molecular flexibility index (Phi) is 3.26. The van der Waals surface area contributed by atoms with Gasteiger partial charge in [-0.2, -0.15) is 0 Å². The van der Waals surface area contributed by atoms with Crippen LogP contribution in [-0.4, -0.2) is 6.29 Å². The molecule has 13 heavy (non-hydrogen) atoms. The molecular weight excluding hydrogens is 184 g/mol. The number of benzene rings is 1. The maximum Gasteiger partial charge on any atom is 0.144 e. The van der Waals surface area contributed by atoms with Crippen LogP contribution in [-0.2, 0) is 4.79 Å². The first kappa shape index (κ1) is 10.0.